The molecule has 1 fully saturated rings. The molecule has 1 rings (SSSR count). The molecule has 2 N–H and O–H groups in total. The SMILES string of the molecule is O=S(=O)(CCO)NC1CCCCCC1. The Morgan fingerprint density at radius 2 is 1.71 bits per heavy atom. The number of aliphatic hydroxyl groups excluding tert-OH is 1. The van der Waals surface area contributed by atoms with Gasteiger partial charge in [0.25, 0.3) is 0 Å². The average molecular weight is 221 g/mol. The van der Waals surface area contributed by atoms with Gasteiger partial charge in [-0.25, -0.2) is 13.1 Å². The number of hydrogen-bond acceptors (Lipinski definition) is 3. The summed E-state index contributed by atoms with van der Waals surface area (Å²) in [6, 6.07) is 0.0917. The zero-order valence-corrected chi connectivity index (χ0v) is 9.22. The van der Waals surface area contributed by atoms with E-state index in [4.69, 9.17) is 5.11 Å². The lowest BCUT2D eigenvalue weighted by Gasteiger charge is -2.15. The Balaban J connectivity index is 2.41. The smallest absolute Gasteiger partial charge is 0.214 e. The van der Waals surface area contributed by atoms with Crippen molar-refractivity contribution in [2.24, 2.45) is 0 Å². The van der Waals surface area contributed by atoms with Gasteiger partial charge < -0.3 is 5.11 Å². The Morgan fingerprint density at radius 3 is 2.21 bits per heavy atom. The lowest BCUT2D eigenvalue weighted by atomic mass is 10.1. The molecule has 4 nitrogen and oxygen atoms in total. The molecule has 0 aromatic carbocycles. The standard InChI is InChI=1S/C9H19NO3S/c11-7-8-14(12,13)10-9-5-3-1-2-4-6-9/h9-11H,1-8H2. The fraction of sp³-hybridized carbons (Fsp3) is 1.00. The third-order valence-corrected chi connectivity index (χ3v) is 3.97. The van der Waals surface area contributed by atoms with Gasteiger partial charge >= 0.3 is 0 Å². The maximum Gasteiger partial charge on any atom is 0.214 e. The highest BCUT2D eigenvalue weighted by Crippen LogP contribution is 2.17. The lowest BCUT2D eigenvalue weighted by molar-refractivity contribution is 0.318. The molecule has 0 aromatic rings. The molecule has 5 heteroatoms. The number of sulfonamides is 1. The summed E-state index contributed by atoms with van der Waals surface area (Å²) in [6.07, 6.45) is 6.49. The van der Waals surface area contributed by atoms with Crippen molar-refractivity contribution in [3.8, 4) is 0 Å². The Morgan fingerprint density at radius 1 is 1.14 bits per heavy atom. The van der Waals surface area contributed by atoms with Crippen LogP contribution in [0.2, 0.25) is 0 Å². The van der Waals surface area contributed by atoms with Gasteiger partial charge in [-0.1, -0.05) is 25.7 Å². The first-order valence-electron chi connectivity index (χ1n) is 5.25. The van der Waals surface area contributed by atoms with E-state index in [0.717, 1.165) is 25.7 Å². The van der Waals surface area contributed by atoms with E-state index in [1.54, 1.807) is 0 Å². The monoisotopic (exact) mass is 221 g/mol. The third-order valence-electron chi connectivity index (χ3n) is 2.56. The summed E-state index contributed by atoms with van der Waals surface area (Å²) in [6.45, 7) is -0.304. The fourth-order valence-electron chi connectivity index (χ4n) is 1.83. The van der Waals surface area contributed by atoms with Crippen molar-refractivity contribution >= 4 is 10.0 Å². The van der Waals surface area contributed by atoms with Crippen LogP contribution in [0, 0.1) is 0 Å². The van der Waals surface area contributed by atoms with Crippen LogP contribution in [0.3, 0.4) is 0 Å². The average Bonchev–Trinajstić information content (AvgIpc) is 2.31. The summed E-state index contributed by atoms with van der Waals surface area (Å²) < 4.78 is 25.3. The summed E-state index contributed by atoms with van der Waals surface area (Å²) in [4.78, 5) is 0. The van der Waals surface area contributed by atoms with E-state index >= 15 is 0 Å². The molecule has 0 unspecified atom stereocenters. The van der Waals surface area contributed by atoms with Gasteiger partial charge in [-0.05, 0) is 12.8 Å². The molecule has 0 aromatic heterocycles. The summed E-state index contributed by atoms with van der Waals surface area (Å²) >= 11 is 0. The van der Waals surface area contributed by atoms with Crippen LogP contribution in [0.5, 0.6) is 0 Å². The summed E-state index contributed by atoms with van der Waals surface area (Å²) in [5.74, 6) is -0.177. The molecule has 14 heavy (non-hydrogen) atoms. The van der Waals surface area contributed by atoms with Crippen LogP contribution in [0.25, 0.3) is 0 Å². The van der Waals surface area contributed by atoms with E-state index in [0.29, 0.717) is 0 Å². The van der Waals surface area contributed by atoms with Crippen LogP contribution < -0.4 is 4.72 Å². The highest BCUT2D eigenvalue weighted by Gasteiger charge is 2.18. The molecule has 84 valence electrons. The summed E-state index contributed by atoms with van der Waals surface area (Å²) in [5.41, 5.74) is 0. The molecular formula is C9H19NO3S. The summed E-state index contributed by atoms with van der Waals surface area (Å²) in [5, 5.41) is 8.57. The van der Waals surface area contributed by atoms with Gasteiger partial charge in [0.2, 0.25) is 10.0 Å². The first kappa shape index (κ1) is 11.9. The molecule has 1 saturated carbocycles. The highest BCUT2D eigenvalue weighted by atomic mass is 32.2. The number of nitrogens with one attached hydrogen (secondary N) is 1. The van der Waals surface area contributed by atoms with Crippen molar-refractivity contribution in [3.05, 3.63) is 0 Å². The molecule has 0 bridgehead atoms. The Hall–Kier alpha value is -0.130. The highest BCUT2D eigenvalue weighted by molar-refractivity contribution is 7.89. The molecular weight excluding hydrogens is 202 g/mol. The normalized spacial score (nSPS) is 20.6. The second-order valence-corrected chi connectivity index (χ2v) is 5.72. The minimum Gasteiger partial charge on any atom is -0.395 e. The van der Waals surface area contributed by atoms with Crippen LogP contribution in [0.15, 0.2) is 0 Å². The molecule has 0 aliphatic heterocycles. The predicted molar refractivity (Wildman–Crippen MR) is 55.5 cm³/mol. The van der Waals surface area contributed by atoms with E-state index in [1.165, 1.54) is 12.8 Å². The van der Waals surface area contributed by atoms with E-state index in [1.807, 2.05) is 0 Å². The minimum atomic E-state index is -3.25. The quantitative estimate of drug-likeness (QED) is 0.684. The zero-order valence-electron chi connectivity index (χ0n) is 8.41. The molecule has 0 atom stereocenters. The summed E-state index contributed by atoms with van der Waals surface area (Å²) in [7, 11) is -3.25. The van der Waals surface area contributed by atoms with Crippen molar-refractivity contribution in [1.29, 1.82) is 0 Å². The second-order valence-electron chi connectivity index (χ2n) is 3.85. The van der Waals surface area contributed by atoms with Gasteiger partial charge in [-0.3, -0.25) is 0 Å². The molecule has 0 saturated heterocycles. The fourth-order valence-corrected chi connectivity index (χ4v) is 2.93. The predicted octanol–water partition coefficient (Wildman–Crippen LogP) is 0.621. The molecule has 0 radical (unpaired) electrons. The van der Waals surface area contributed by atoms with Gasteiger partial charge in [-0.2, -0.15) is 0 Å². The maximum atomic E-state index is 11.3. The Bertz CT molecular complexity index is 243. The Labute approximate surface area is 85.8 Å². The van der Waals surface area contributed by atoms with Crippen molar-refractivity contribution < 1.29 is 13.5 Å². The number of aliphatic hydroxyl groups is 1. The molecule has 0 heterocycles. The first-order valence-corrected chi connectivity index (χ1v) is 6.90. The van der Waals surface area contributed by atoms with Crippen LogP contribution in [-0.2, 0) is 10.0 Å². The van der Waals surface area contributed by atoms with Gasteiger partial charge in [0.1, 0.15) is 0 Å². The third kappa shape index (κ3) is 4.39. The number of hydrogen-bond donors (Lipinski definition) is 2. The second kappa shape index (κ2) is 5.68. The molecule has 0 amide bonds. The van der Waals surface area contributed by atoms with Crippen molar-refractivity contribution in [2.45, 2.75) is 44.6 Å². The van der Waals surface area contributed by atoms with Gasteiger partial charge in [0, 0.05) is 6.04 Å². The molecule has 0 spiro atoms. The molecule has 1 aliphatic carbocycles. The number of rotatable bonds is 4. The van der Waals surface area contributed by atoms with Gasteiger partial charge in [0.15, 0.2) is 0 Å². The lowest BCUT2D eigenvalue weighted by Crippen LogP contribution is -2.36. The van der Waals surface area contributed by atoms with Crippen LogP contribution in [0.4, 0.5) is 0 Å². The Kier molecular flexibility index (Phi) is 4.84. The van der Waals surface area contributed by atoms with Crippen molar-refractivity contribution in [3.63, 3.8) is 0 Å². The first-order chi connectivity index (χ1) is 6.64. The van der Waals surface area contributed by atoms with E-state index in [2.05, 4.69) is 4.72 Å². The minimum absolute atomic E-state index is 0.0917. The van der Waals surface area contributed by atoms with E-state index < -0.39 is 10.0 Å². The zero-order chi connectivity index (χ0) is 10.4. The van der Waals surface area contributed by atoms with Crippen LogP contribution in [0.1, 0.15) is 38.5 Å². The molecule has 1 aliphatic rings. The topological polar surface area (TPSA) is 66.4 Å². The van der Waals surface area contributed by atoms with E-state index in [-0.39, 0.29) is 18.4 Å². The van der Waals surface area contributed by atoms with Crippen LogP contribution in [-0.4, -0.2) is 31.9 Å². The van der Waals surface area contributed by atoms with Crippen LogP contribution >= 0.6 is 0 Å². The van der Waals surface area contributed by atoms with Crippen molar-refractivity contribution in [2.75, 3.05) is 12.4 Å². The van der Waals surface area contributed by atoms with Crippen molar-refractivity contribution in [1.82, 2.24) is 4.72 Å². The van der Waals surface area contributed by atoms with Gasteiger partial charge in [0.05, 0.1) is 12.4 Å². The largest absolute Gasteiger partial charge is 0.395 e. The maximum absolute atomic E-state index is 11.3. The van der Waals surface area contributed by atoms with Gasteiger partial charge in [-0.15, -0.1) is 0 Å². The van der Waals surface area contributed by atoms with E-state index in [9.17, 15) is 8.42 Å².